The maximum Gasteiger partial charge on any atom is 0.336 e. The second-order valence-corrected chi connectivity index (χ2v) is 6.95. The molecular formula is C21H20O9. The van der Waals surface area contributed by atoms with Crippen LogP contribution in [-0.2, 0) is 4.74 Å². The van der Waals surface area contributed by atoms with Crippen LogP contribution in [0.4, 0.5) is 0 Å². The van der Waals surface area contributed by atoms with Crippen LogP contribution >= 0.6 is 0 Å². The highest BCUT2D eigenvalue weighted by Crippen LogP contribution is 2.39. The third-order valence-corrected chi connectivity index (χ3v) is 5.03. The number of phenolic OH excluding ortho intramolecular Hbond substituents is 1. The predicted octanol–water partition coefficient (Wildman–Crippen LogP) is 0.344. The SMILES string of the molecule is O=c1cc(-c2ccccc2)c2ccc(O[C@@H]3O[C@H](CO)[C@@H](O)[C@H](O)[C@H]3O)c(O)c2o1. The summed E-state index contributed by atoms with van der Waals surface area (Å²) in [5.41, 5.74) is 0.499. The van der Waals surface area contributed by atoms with Gasteiger partial charge in [0.05, 0.1) is 6.61 Å². The number of phenols is 1. The molecule has 5 atom stereocenters. The van der Waals surface area contributed by atoms with Gasteiger partial charge in [-0.15, -0.1) is 0 Å². The van der Waals surface area contributed by atoms with Gasteiger partial charge in [-0.05, 0) is 23.3 Å². The summed E-state index contributed by atoms with van der Waals surface area (Å²) in [4.78, 5) is 12.1. The van der Waals surface area contributed by atoms with E-state index in [4.69, 9.17) is 13.9 Å². The Morgan fingerprint density at radius 1 is 0.967 bits per heavy atom. The highest BCUT2D eigenvalue weighted by atomic mass is 16.7. The van der Waals surface area contributed by atoms with E-state index in [-0.39, 0.29) is 11.3 Å². The molecule has 1 aromatic heterocycles. The number of fused-ring (bicyclic) bond motifs is 1. The Bertz CT molecular complexity index is 1090. The molecule has 2 heterocycles. The first-order valence-corrected chi connectivity index (χ1v) is 9.23. The molecule has 1 aliphatic rings. The lowest BCUT2D eigenvalue weighted by molar-refractivity contribution is -0.277. The fourth-order valence-electron chi connectivity index (χ4n) is 3.44. The van der Waals surface area contributed by atoms with Crippen molar-refractivity contribution in [1.82, 2.24) is 0 Å². The Balaban J connectivity index is 1.73. The van der Waals surface area contributed by atoms with E-state index in [2.05, 4.69) is 0 Å². The van der Waals surface area contributed by atoms with Crippen molar-refractivity contribution < 1.29 is 39.4 Å². The molecule has 5 N–H and O–H groups in total. The highest BCUT2D eigenvalue weighted by molar-refractivity contribution is 5.97. The second-order valence-electron chi connectivity index (χ2n) is 6.95. The van der Waals surface area contributed by atoms with Crippen molar-refractivity contribution in [2.45, 2.75) is 30.7 Å². The van der Waals surface area contributed by atoms with Gasteiger partial charge < -0.3 is 39.4 Å². The summed E-state index contributed by atoms with van der Waals surface area (Å²) < 4.78 is 15.9. The van der Waals surface area contributed by atoms with Crippen LogP contribution in [0.5, 0.6) is 11.5 Å². The van der Waals surface area contributed by atoms with E-state index in [1.54, 1.807) is 6.07 Å². The number of hydrogen-bond donors (Lipinski definition) is 5. The van der Waals surface area contributed by atoms with Crippen LogP contribution in [0.3, 0.4) is 0 Å². The summed E-state index contributed by atoms with van der Waals surface area (Å²) in [6, 6.07) is 13.4. The Morgan fingerprint density at radius 2 is 1.70 bits per heavy atom. The van der Waals surface area contributed by atoms with Gasteiger partial charge in [-0.2, -0.15) is 0 Å². The Morgan fingerprint density at radius 3 is 2.40 bits per heavy atom. The molecule has 0 radical (unpaired) electrons. The minimum atomic E-state index is -1.65. The molecule has 1 saturated heterocycles. The molecule has 30 heavy (non-hydrogen) atoms. The van der Waals surface area contributed by atoms with Gasteiger partial charge in [-0.1, -0.05) is 30.3 Å². The topological polar surface area (TPSA) is 150 Å². The quantitative estimate of drug-likeness (QED) is 0.380. The number of ether oxygens (including phenoxy) is 2. The molecular weight excluding hydrogens is 396 g/mol. The van der Waals surface area contributed by atoms with Crippen LogP contribution in [-0.4, -0.2) is 62.8 Å². The fourth-order valence-corrected chi connectivity index (χ4v) is 3.44. The molecule has 1 aliphatic heterocycles. The van der Waals surface area contributed by atoms with Crippen molar-refractivity contribution >= 4 is 11.0 Å². The molecule has 0 amide bonds. The van der Waals surface area contributed by atoms with Crippen molar-refractivity contribution in [3.63, 3.8) is 0 Å². The van der Waals surface area contributed by atoms with Crippen LogP contribution < -0.4 is 10.4 Å². The average Bonchev–Trinajstić information content (AvgIpc) is 2.76. The van der Waals surface area contributed by atoms with Crippen LogP contribution in [0.1, 0.15) is 0 Å². The normalized spacial score (nSPS) is 26.6. The van der Waals surface area contributed by atoms with E-state index < -0.39 is 48.7 Å². The van der Waals surface area contributed by atoms with Gasteiger partial charge in [0.2, 0.25) is 12.0 Å². The molecule has 0 bridgehead atoms. The zero-order valence-electron chi connectivity index (χ0n) is 15.6. The van der Waals surface area contributed by atoms with Crippen LogP contribution in [0, 0.1) is 0 Å². The number of aliphatic hydroxyl groups is 4. The number of benzene rings is 2. The average molecular weight is 416 g/mol. The van der Waals surface area contributed by atoms with Gasteiger partial charge in [0.25, 0.3) is 0 Å². The maximum absolute atomic E-state index is 12.1. The molecule has 158 valence electrons. The van der Waals surface area contributed by atoms with Gasteiger partial charge in [0, 0.05) is 11.5 Å². The Hall–Kier alpha value is -2.95. The van der Waals surface area contributed by atoms with E-state index in [0.717, 1.165) is 5.56 Å². The number of rotatable bonds is 4. The van der Waals surface area contributed by atoms with Gasteiger partial charge >= 0.3 is 5.63 Å². The van der Waals surface area contributed by atoms with Gasteiger partial charge in [-0.25, -0.2) is 4.79 Å². The van der Waals surface area contributed by atoms with E-state index in [1.807, 2.05) is 30.3 Å². The van der Waals surface area contributed by atoms with Gasteiger partial charge in [-0.3, -0.25) is 0 Å². The maximum atomic E-state index is 12.1. The molecule has 0 saturated carbocycles. The fraction of sp³-hybridized carbons (Fsp3) is 0.286. The number of aromatic hydroxyl groups is 1. The molecule has 0 unspecified atom stereocenters. The summed E-state index contributed by atoms with van der Waals surface area (Å²) in [6.07, 6.45) is -7.49. The van der Waals surface area contributed by atoms with Crippen LogP contribution in [0.2, 0.25) is 0 Å². The molecule has 2 aromatic carbocycles. The highest BCUT2D eigenvalue weighted by Gasteiger charge is 2.45. The monoisotopic (exact) mass is 416 g/mol. The number of hydrogen-bond acceptors (Lipinski definition) is 9. The van der Waals surface area contributed by atoms with Crippen molar-refractivity contribution in [3.05, 3.63) is 59.0 Å². The second kappa shape index (κ2) is 8.05. The molecule has 9 heteroatoms. The third-order valence-electron chi connectivity index (χ3n) is 5.03. The summed E-state index contributed by atoms with van der Waals surface area (Å²) in [5, 5.41) is 50.3. The largest absolute Gasteiger partial charge is 0.502 e. The molecule has 0 aliphatic carbocycles. The van der Waals surface area contributed by atoms with E-state index in [0.29, 0.717) is 10.9 Å². The van der Waals surface area contributed by atoms with Crippen molar-refractivity contribution in [3.8, 4) is 22.6 Å². The first-order chi connectivity index (χ1) is 14.4. The van der Waals surface area contributed by atoms with E-state index in [9.17, 15) is 30.3 Å². The zero-order valence-corrected chi connectivity index (χ0v) is 15.6. The molecule has 3 aromatic rings. The predicted molar refractivity (Wildman–Crippen MR) is 104 cm³/mol. The smallest absolute Gasteiger partial charge is 0.336 e. The Labute approximate surface area is 170 Å². The zero-order chi connectivity index (χ0) is 21.4. The summed E-state index contributed by atoms with van der Waals surface area (Å²) in [7, 11) is 0. The van der Waals surface area contributed by atoms with Crippen LogP contribution in [0.25, 0.3) is 22.1 Å². The lowest BCUT2D eigenvalue weighted by Crippen LogP contribution is -2.60. The summed E-state index contributed by atoms with van der Waals surface area (Å²) in [5.74, 6) is -0.681. The van der Waals surface area contributed by atoms with Crippen molar-refractivity contribution in [2.24, 2.45) is 0 Å². The molecule has 4 rings (SSSR count). The summed E-state index contributed by atoms with van der Waals surface area (Å²) in [6.45, 7) is -0.621. The molecule has 1 fully saturated rings. The van der Waals surface area contributed by atoms with Crippen molar-refractivity contribution in [1.29, 1.82) is 0 Å². The van der Waals surface area contributed by atoms with E-state index in [1.165, 1.54) is 12.1 Å². The number of aliphatic hydroxyl groups excluding tert-OH is 4. The third kappa shape index (κ3) is 3.53. The molecule has 9 nitrogen and oxygen atoms in total. The molecule has 0 spiro atoms. The Kier molecular flexibility index (Phi) is 5.46. The lowest BCUT2D eigenvalue weighted by atomic mass is 9.99. The van der Waals surface area contributed by atoms with Gasteiger partial charge in [0.15, 0.2) is 11.3 Å². The summed E-state index contributed by atoms with van der Waals surface area (Å²) >= 11 is 0. The first kappa shape index (κ1) is 20.3. The minimum absolute atomic E-state index is 0.122. The van der Waals surface area contributed by atoms with Gasteiger partial charge in [0.1, 0.15) is 24.4 Å². The van der Waals surface area contributed by atoms with E-state index >= 15 is 0 Å². The lowest BCUT2D eigenvalue weighted by Gasteiger charge is -2.39. The van der Waals surface area contributed by atoms with Crippen LogP contribution in [0.15, 0.2) is 57.7 Å². The minimum Gasteiger partial charge on any atom is -0.502 e. The van der Waals surface area contributed by atoms with Crippen molar-refractivity contribution in [2.75, 3.05) is 6.61 Å². The first-order valence-electron chi connectivity index (χ1n) is 9.23. The standard InChI is InChI=1S/C21H20O9/c22-9-14-16(24)18(26)19(27)21(29-14)28-13-7-6-11-12(10-4-2-1-3-5-10)8-15(23)30-20(11)17(13)25/h1-8,14,16,18-19,21-22,24-27H,9H2/t14-,16-,18+,19-,21-/m1/s1.